The Morgan fingerprint density at radius 1 is 1.58 bits per heavy atom. The van der Waals surface area contributed by atoms with Gasteiger partial charge in [-0.25, -0.2) is 0 Å². The highest BCUT2D eigenvalue weighted by atomic mass is 35.5. The van der Waals surface area contributed by atoms with Crippen molar-refractivity contribution in [2.45, 2.75) is 19.4 Å². The molecule has 1 aliphatic rings. The Labute approximate surface area is 122 Å². The smallest absolute Gasteiger partial charge is 0.253 e. The van der Waals surface area contributed by atoms with Crippen molar-refractivity contribution in [1.29, 1.82) is 0 Å². The summed E-state index contributed by atoms with van der Waals surface area (Å²) in [5, 5.41) is 3.30. The number of nitrogens with two attached hydrogens (primary N) is 1. The summed E-state index contributed by atoms with van der Waals surface area (Å²) in [6.07, 6.45) is 0.452. The highest BCUT2D eigenvalue weighted by Crippen LogP contribution is 2.25. The fourth-order valence-corrected chi connectivity index (χ4v) is 2.42. The van der Waals surface area contributed by atoms with Crippen molar-refractivity contribution < 1.29 is 9.53 Å². The second-order valence-corrected chi connectivity index (χ2v) is 5.48. The normalized spacial score (nSPS) is 22.2. The molecule has 1 heterocycles. The van der Waals surface area contributed by atoms with Gasteiger partial charge in [-0.3, -0.25) is 4.79 Å². The standard InChI is InChI=1S/C13H15ClN2O2S/c1-7-4-5-18-11(7)13(17)16-10-6-8(14)2-3-9(10)12(15)19/h2-3,6-7,11H,4-5H2,1H3,(H2,15,19)(H,16,17). The highest BCUT2D eigenvalue weighted by Gasteiger charge is 2.31. The van der Waals surface area contributed by atoms with Gasteiger partial charge in [-0.05, 0) is 30.5 Å². The molecule has 0 aliphatic carbocycles. The Morgan fingerprint density at radius 3 is 2.89 bits per heavy atom. The lowest BCUT2D eigenvalue weighted by molar-refractivity contribution is -0.126. The van der Waals surface area contributed by atoms with Gasteiger partial charge in [0.2, 0.25) is 0 Å². The molecule has 0 aromatic heterocycles. The van der Waals surface area contributed by atoms with E-state index in [0.29, 0.717) is 22.9 Å². The SMILES string of the molecule is CC1CCOC1C(=O)Nc1cc(Cl)ccc1C(N)=S. The van der Waals surface area contributed by atoms with E-state index in [1.54, 1.807) is 18.2 Å². The first kappa shape index (κ1) is 14.2. The summed E-state index contributed by atoms with van der Waals surface area (Å²) in [7, 11) is 0. The van der Waals surface area contributed by atoms with Gasteiger partial charge in [0.05, 0.1) is 5.69 Å². The van der Waals surface area contributed by atoms with E-state index in [9.17, 15) is 4.79 Å². The lowest BCUT2D eigenvalue weighted by atomic mass is 10.0. The largest absolute Gasteiger partial charge is 0.389 e. The molecule has 2 atom stereocenters. The van der Waals surface area contributed by atoms with Crippen molar-refractivity contribution in [3.05, 3.63) is 28.8 Å². The number of ether oxygens (including phenoxy) is 1. The van der Waals surface area contributed by atoms with Gasteiger partial charge in [0.25, 0.3) is 5.91 Å². The van der Waals surface area contributed by atoms with Crippen LogP contribution in [-0.4, -0.2) is 23.6 Å². The van der Waals surface area contributed by atoms with Gasteiger partial charge in [0.15, 0.2) is 0 Å². The van der Waals surface area contributed by atoms with E-state index in [1.807, 2.05) is 6.92 Å². The van der Waals surface area contributed by atoms with Crippen molar-refractivity contribution in [3.8, 4) is 0 Å². The number of halogens is 1. The van der Waals surface area contributed by atoms with E-state index in [4.69, 9.17) is 34.3 Å². The lowest BCUT2D eigenvalue weighted by Gasteiger charge is -2.16. The zero-order valence-corrected chi connectivity index (χ0v) is 12.1. The highest BCUT2D eigenvalue weighted by molar-refractivity contribution is 7.80. The van der Waals surface area contributed by atoms with Crippen LogP contribution >= 0.6 is 23.8 Å². The Morgan fingerprint density at radius 2 is 2.32 bits per heavy atom. The van der Waals surface area contributed by atoms with Gasteiger partial charge >= 0.3 is 0 Å². The molecule has 6 heteroatoms. The minimum absolute atomic E-state index is 0.190. The number of carbonyl (C=O) groups excluding carboxylic acids is 1. The number of hydrogen-bond acceptors (Lipinski definition) is 3. The molecule has 0 spiro atoms. The minimum Gasteiger partial charge on any atom is -0.389 e. The van der Waals surface area contributed by atoms with Crippen molar-refractivity contribution in [1.82, 2.24) is 0 Å². The topological polar surface area (TPSA) is 64.3 Å². The number of hydrogen-bond donors (Lipinski definition) is 2. The Hall–Kier alpha value is -1.17. The van der Waals surface area contributed by atoms with E-state index in [-0.39, 0.29) is 16.8 Å². The minimum atomic E-state index is -0.432. The van der Waals surface area contributed by atoms with Crippen LogP contribution in [0.5, 0.6) is 0 Å². The molecule has 1 amide bonds. The molecular formula is C13H15ClN2O2S. The van der Waals surface area contributed by atoms with Crippen LogP contribution in [0.3, 0.4) is 0 Å². The second kappa shape index (κ2) is 5.86. The maximum atomic E-state index is 12.1. The first-order chi connectivity index (χ1) is 8.99. The number of thiocarbonyl (C=S) groups is 1. The van der Waals surface area contributed by atoms with Gasteiger partial charge in [-0.15, -0.1) is 0 Å². The summed E-state index contributed by atoms with van der Waals surface area (Å²) < 4.78 is 5.42. The molecule has 19 heavy (non-hydrogen) atoms. The number of amides is 1. The fraction of sp³-hybridized carbons (Fsp3) is 0.385. The van der Waals surface area contributed by atoms with Crippen LogP contribution in [0.1, 0.15) is 18.9 Å². The molecule has 1 aromatic carbocycles. The number of carbonyl (C=O) groups is 1. The maximum Gasteiger partial charge on any atom is 0.253 e. The lowest BCUT2D eigenvalue weighted by Crippen LogP contribution is -2.32. The van der Waals surface area contributed by atoms with Crippen LogP contribution in [0, 0.1) is 5.92 Å². The quantitative estimate of drug-likeness (QED) is 0.841. The zero-order chi connectivity index (χ0) is 14.0. The van der Waals surface area contributed by atoms with Gasteiger partial charge in [-0.1, -0.05) is 30.7 Å². The molecule has 2 rings (SSSR count). The van der Waals surface area contributed by atoms with E-state index >= 15 is 0 Å². The number of anilines is 1. The van der Waals surface area contributed by atoms with Crippen LogP contribution in [-0.2, 0) is 9.53 Å². The monoisotopic (exact) mass is 298 g/mol. The molecular weight excluding hydrogens is 284 g/mol. The maximum absolute atomic E-state index is 12.1. The predicted octanol–water partition coefficient (Wildman–Crippen LogP) is 2.34. The fourth-order valence-electron chi connectivity index (χ4n) is 2.07. The average Bonchev–Trinajstić information content (AvgIpc) is 2.75. The molecule has 1 saturated heterocycles. The molecule has 102 valence electrons. The van der Waals surface area contributed by atoms with E-state index < -0.39 is 6.10 Å². The van der Waals surface area contributed by atoms with E-state index in [1.165, 1.54) is 0 Å². The van der Waals surface area contributed by atoms with Crippen LogP contribution in [0.2, 0.25) is 5.02 Å². The first-order valence-corrected chi connectivity index (χ1v) is 6.79. The summed E-state index contributed by atoms with van der Waals surface area (Å²) >= 11 is 10.9. The van der Waals surface area contributed by atoms with Crippen LogP contribution in [0.4, 0.5) is 5.69 Å². The van der Waals surface area contributed by atoms with Crippen molar-refractivity contribution in [2.24, 2.45) is 11.7 Å². The van der Waals surface area contributed by atoms with E-state index in [2.05, 4.69) is 5.32 Å². The molecule has 1 fully saturated rings. The van der Waals surface area contributed by atoms with Crippen molar-refractivity contribution >= 4 is 40.4 Å². The molecule has 4 nitrogen and oxygen atoms in total. The molecule has 0 bridgehead atoms. The molecule has 1 aliphatic heterocycles. The van der Waals surface area contributed by atoms with Gasteiger partial charge in [0.1, 0.15) is 11.1 Å². The zero-order valence-electron chi connectivity index (χ0n) is 10.5. The molecule has 2 unspecified atom stereocenters. The number of nitrogens with one attached hydrogen (secondary N) is 1. The molecule has 1 aromatic rings. The van der Waals surface area contributed by atoms with Gasteiger partial charge in [0, 0.05) is 17.2 Å². The molecule has 0 saturated carbocycles. The first-order valence-electron chi connectivity index (χ1n) is 6.01. The predicted molar refractivity (Wildman–Crippen MR) is 79.5 cm³/mol. The van der Waals surface area contributed by atoms with Gasteiger partial charge in [-0.2, -0.15) is 0 Å². The molecule has 3 N–H and O–H groups in total. The number of benzene rings is 1. The van der Waals surface area contributed by atoms with Gasteiger partial charge < -0.3 is 15.8 Å². The summed E-state index contributed by atoms with van der Waals surface area (Å²) in [5.74, 6) is 0.0113. The molecule has 0 radical (unpaired) electrons. The van der Waals surface area contributed by atoms with Crippen molar-refractivity contribution in [3.63, 3.8) is 0 Å². The third-order valence-electron chi connectivity index (χ3n) is 3.15. The second-order valence-electron chi connectivity index (χ2n) is 4.60. The summed E-state index contributed by atoms with van der Waals surface area (Å²) in [5.41, 5.74) is 6.74. The van der Waals surface area contributed by atoms with E-state index in [0.717, 1.165) is 6.42 Å². The van der Waals surface area contributed by atoms with Crippen LogP contribution in [0.15, 0.2) is 18.2 Å². The Balaban J connectivity index is 2.20. The Kier molecular flexibility index (Phi) is 4.39. The summed E-state index contributed by atoms with van der Waals surface area (Å²) in [6.45, 7) is 2.60. The third-order valence-corrected chi connectivity index (χ3v) is 3.61. The van der Waals surface area contributed by atoms with Crippen molar-refractivity contribution in [2.75, 3.05) is 11.9 Å². The van der Waals surface area contributed by atoms with Crippen LogP contribution in [0.25, 0.3) is 0 Å². The summed E-state index contributed by atoms with van der Waals surface area (Å²) in [4.78, 5) is 12.4. The number of rotatable bonds is 3. The Bertz CT molecular complexity index is 521. The average molecular weight is 299 g/mol. The summed E-state index contributed by atoms with van der Waals surface area (Å²) in [6, 6.07) is 5.01. The third kappa shape index (κ3) is 3.23. The van der Waals surface area contributed by atoms with Crippen LogP contribution < -0.4 is 11.1 Å².